The summed E-state index contributed by atoms with van der Waals surface area (Å²) in [5, 5.41) is 9.29. The van der Waals surface area contributed by atoms with E-state index in [1.165, 1.54) is 0 Å². The molecule has 1 aliphatic rings. The Hall–Kier alpha value is -1.75. The molecule has 1 aliphatic heterocycles. The van der Waals surface area contributed by atoms with E-state index in [4.69, 9.17) is 5.73 Å². The first kappa shape index (κ1) is 11.7. The molecular weight excluding hydrogens is 218 g/mol. The highest BCUT2D eigenvalue weighted by molar-refractivity contribution is 5.94. The predicted octanol–water partition coefficient (Wildman–Crippen LogP) is 0.892. The average molecular weight is 235 g/mol. The zero-order valence-corrected chi connectivity index (χ0v) is 9.84. The number of aliphatic hydroxyl groups is 1. The van der Waals surface area contributed by atoms with Crippen molar-refractivity contribution < 1.29 is 9.90 Å². The van der Waals surface area contributed by atoms with Gasteiger partial charge in [0.15, 0.2) is 0 Å². The fourth-order valence-corrected chi connectivity index (χ4v) is 1.96. The van der Waals surface area contributed by atoms with Crippen LogP contribution in [0.1, 0.15) is 6.92 Å². The number of urea groups is 1. The SMILES string of the molecule is CC(O)CN1CCN(c2ccc(N)cc2)C1=O. The van der Waals surface area contributed by atoms with E-state index < -0.39 is 6.10 Å². The normalized spacial score (nSPS) is 17.6. The topological polar surface area (TPSA) is 69.8 Å². The lowest BCUT2D eigenvalue weighted by atomic mass is 10.2. The number of aliphatic hydroxyl groups excluding tert-OH is 1. The van der Waals surface area contributed by atoms with Gasteiger partial charge in [-0.3, -0.25) is 4.90 Å². The predicted molar refractivity (Wildman–Crippen MR) is 66.9 cm³/mol. The molecule has 0 saturated carbocycles. The Morgan fingerprint density at radius 3 is 2.59 bits per heavy atom. The molecule has 1 heterocycles. The van der Waals surface area contributed by atoms with Crippen molar-refractivity contribution >= 4 is 17.4 Å². The van der Waals surface area contributed by atoms with Crippen LogP contribution in [-0.4, -0.2) is 41.8 Å². The smallest absolute Gasteiger partial charge is 0.324 e. The van der Waals surface area contributed by atoms with Crippen LogP contribution < -0.4 is 10.6 Å². The summed E-state index contributed by atoms with van der Waals surface area (Å²) in [4.78, 5) is 15.4. The lowest BCUT2D eigenvalue weighted by molar-refractivity contribution is 0.146. The summed E-state index contributed by atoms with van der Waals surface area (Å²) in [6.07, 6.45) is -0.495. The molecule has 0 aromatic heterocycles. The van der Waals surface area contributed by atoms with Crippen LogP contribution in [0.5, 0.6) is 0 Å². The molecule has 5 nitrogen and oxygen atoms in total. The van der Waals surface area contributed by atoms with Gasteiger partial charge in [-0.05, 0) is 31.2 Å². The van der Waals surface area contributed by atoms with Gasteiger partial charge in [-0.15, -0.1) is 0 Å². The highest BCUT2D eigenvalue weighted by atomic mass is 16.3. The van der Waals surface area contributed by atoms with Gasteiger partial charge in [0.25, 0.3) is 0 Å². The van der Waals surface area contributed by atoms with Crippen LogP contribution in [-0.2, 0) is 0 Å². The summed E-state index contributed by atoms with van der Waals surface area (Å²) in [6.45, 7) is 3.35. The third kappa shape index (κ3) is 2.50. The van der Waals surface area contributed by atoms with Gasteiger partial charge in [-0.1, -0.05) is 0 Å². The van der Waals surface area contributed by atoms with Crippen LogP contribution >= 0.6 is 0 Å². The van der Waals surface area contributed by atoms with E-state index in [-0.39, 0.29) is 6.03 Å². The van der Waals surface area contributed by atoms with Gasteiger partial charge < -0.3 is 15.7 Å². The fraction of sp³-hybridized carbons (Fsp3) is 0.417. The summed E-state index contributed by atoms with van der Waals surface area (Å²) >= 11 is 0. The van der Waals surface area contributed by atoms with Gasteiger partial charge in [0, 0.05) is 31.0 Å². The van der Waals surface area contributed by atoms with Gasteiger partial charge in [0.05, 0.1) is 6.10 Å². The molecule has 2 rings (SSSR count). The first-order valence-electron chi connectivity index (χ1n) is 5.68. The van der Waals surface area contributed by atoms with E-state index in [0.717, 1.165) is 5.69 Å². The zero-order valence-electron chi connectivity index (χ0n) is 9.84. The van der Waals surface area contributed by atoms with Crippen molar-refractivity contribution in [3.8, 4) is 0 Å². The summed E-state index contributed by atoms with van der Waals surface area (Å²) in [7, 11) is 0. The van der Waals surface area contributed by atoms with Gasteiger partial charge >= 0.3 is 6.03 Å². The maximum absolute atomic E-state index is 12.0. The molecule has 0 radical (unpaired) electrons. The third-order valence-electron chi connectivity index (χ3n) is 2.78. The van der Waals surface area contributed by atoms with Crippen LogP contribution in [0.3, 0.4) is 0 Å². The number of nitrogens with zero attached hydrogens (tertiary/aromatic N) is 2. The largest absolute Gasteiger partial charge is 0.399 e. The highest BCUT2D eigenvalue weighted by Crippen LogP contribution is 2.21. The van der Waals surface area contributed by atoms with E-state index in [9.17, 15) is 9.90 Å². The van der Waals surface area contributed by atoms with Gasteiger partial charge in [0.1, 0.15) is 0 Å². The number of rotatable bonds is 3. The second-order valence-corrected chi connectivity index (χ2v) is 4.32. The summed E-state index contributed by atoms with van der Waals surface area (Å²) < 4.78 is 0. The molecule has 0 bridgehead atoms. The molecule has 0 spiro atoms. The zero-order chi connectivity index (χ0) is 12.4. The summed E-state index contributed by atoms with van der Waals surface area (Å²) in [5.74, 6) is 0. The highest BCUT2D eigenvalue weighted by Gasteiger charge is 2.29. The van der Waals surface area contributed by atoms with Crippen molar-refractivity contribution in [3.63, 3.8) is 0 Å². The lowest BCUT2D eigenvalue weighted by Gasteiger charge is -2.19. The first-order chi connectivity index (χ1) is 8.08. The Bertz CT molecular complexity index is 403. The quantitative estimate of drug-likeness (QED) is 0.764. The maximum Gasteiger partial charge on any atom is 0.324 e. The number of anilines is 2. The molecule has 5 heteroatoms. The first-order valence-corrected chi connectivity index (χ1v) is 5.68. The lowest BCUT2D eigenvalue weighted by Crippen LogP contribution is -2.36. The molecule has 2 amide bonds. The monoisotopic (exact) mass is 235 g/mol. The number of β-amino-alcohol motifs (C(OH)–C–C–N with tert-alkyl or cyclic N) is 1. The van der Waals surface area contributed by atoms with Crippen LogP contribution in [0.15, 0.2) is 24.3 Å². The molecule has 1 unspecified atom stereocenters. The fourth-order valence-electron chi connectivity index (χ4n) is 1.96. The number of nitrogen functional groups attached to an aromatic ring is 1. The minimum Gasteiger partial charge on any atom is -0.399 e. The van der Waals surface area contributed by atoms with Crippen molar-refractivity contribution in [2.75, 3.05) is 30.3 Å². The Balaban J connectivity index is 2.09. The van der Waals surface area contributed by atoms with Gasteiger partial charge in [-0.2, -0.15) is 0 Å². The Morgan fingerprint density at radius 1 is 1.35 bits per heavy atom. The molecular formula is C12H17N3O2. The maximum atomic E-state index is 12.0. The van der Waals surface area contributed by atoms with Crippen LogP contribution in [0.25, 0.3) is 0 Å². The van der Waals surface area contributed by atoms with Gasteiger partial charge in [-0.25, -0.2) is 4.79 Å². The number of nitrogens with two attached hydrogens (primary N) is 1. The Labute approximate surface area is 100 Å². The van der Waals surface area contributed by atoms with Gasteiger partial charge in [0.2, 0.25) is 0 Å². The molecule has 92 valence electrons. The van der Waals surface area contributed by atoms with Crippen LogP contribution in [0.2, 0.25) is 0 Å². The molecule has 3 N–H and O–H groups in total. The van der Waals surface area contributed by atoms with E-state index in [0.29, 0.717) is 25.3 Å². The second-order valence-electron chi connectivity index (χ2n) is 4.32. The van der Waals surface area contributed by atoms with Crippen molar-refractivity contribution in [2.24, 2.45) is 0 Å². The molecule has 1 saturated heterocycles. The number of carbonyl (C=O) groups is 1. The Kier molecular flexibility index (Phi) is 3.19. The van der Waals surface area contributed by atoms with Crippen LogP contribution in [0, 0.1) is 0 Å². The van der Waals surface area contributed by atoms with E-state index in [2.05, 4.69) is 0 Å². The van der Waals surface area contributed by atoms with E-state index in [1.54, 1.807) is 28.9 Å². The number of amides is 2. The van der Waals surface area contributed by atoms with Crippen molar-refractivity contribution in [3.05, 3.63) is 24.3 Å². The van der Waals surface area contributed by atoms with E-state index >= 15 is 0 Å². The molecule has 1 fully saturated rings. The van der Waals surface area contributed by atoms with E-state index in [1.807, 2.05) is 12.1 Å². The molecule has 1 aromatic carbocycles. The minimum absolute atomic E-state index is 0.0596. The standard InChI is InChI=1S/C12H17N3O2/c1-9(16)8-14-6-7-15(12(14)17)11-4-2-10(13)3-5-11/h2-5,9,16H,6-8,13H2,1H3. The minimum atomic E-state index is -0.495. The van der Waals surface area contributed by atoms with Crippen molar-refractivity contribution in [2.45, 2.75) is 13.0 Å². The molecule has 17 heavy (non-hydrogen) atoms. The Morgan fingerprint density at radius 2 is 2.00 bits per heavy atom. The second kappa shape index (κ2) is 4.63. The van der Waals surface area contributed by atoms with Crippen molar-refractivity contribution in [1.82, 2.24) is 4.90 Å². The number of hydrogen-bond acceptors (Lipinski definition) is 3. The third-order valence-corrected chi connectivity index (χ3v) is 2.78. The molecule has 1 atom stereocenters. The van der Waals surface area contributed by atoms with Crippen LogP contribution in [0.4, 0.5) is 16.2 Å². The summed E-state index contributed by atoms with van der Waals surface area (Å²) in [5.41, 5.74) is 7.13. The molecule has 0 aliphatic carbocycles. The van der Waals surface area contributed by atoms with Crippen molar-refractivity contribution in [1.29, 1.82) is 0 Å². The molecule has 1 aromatic rings. The number of benzene rings is 1. The number of hydrogen-bond donors (Lipinski definition) is 2. The summed E-state index contributed by atoms with van der Waals surface area (Å²) in [6, 6.07) is 7.16. The number of carbonyl (C=O) groups excluding carboxylic acids is 1. The average Bonchev–Trinajstić information content (AvgIpc) is 2.61.